The Morgan fingerprint density at radius 3 is 1.90 bits per heavy atom. The first kappa shape index (κ1) is 29.6. The van der Waals surface area contributed by atoms with Crippen molar-refractivity contribution in [3.63, 3.8) is 0 Å². The molecule has 232 valence electrons. The summed E-state index contributed by atoms with van der Waals surface area (Å²) in [7, 11) is 0. The Hall–Kier alpha value is -5.75. The number of nitrogens with two attached hydrogens (primary N) is 1. The fourth-order valence-electron chi connectivity index (χ4n) is 7.23. The van der Waals surface area contributed by atoms with Gasteiger partial charge in [-0.05, 0) is 72.7 Å². The zero-order chi connectivity index (χ0) is 32.8. The van der Waals surface area contributed by atoms with Crippen molar-refractivity contribution in [2.24, 2.45) is 5.14 Å². The fourth-order valence-corrected chi connectivity index (χ4v) is 7.23. The van der Waals surface area contributed by atoms with E-state index in [0.717, 1.165) is 49.9 Å². The smallest absolute Gasteiger partial charge is 0.159 e. The lowest BCUT2D eigenvalue weighted by atomic mass is 10.0. The van der Waals surface area contributed by atoms with Crippen LogP contribution in [0.5, 0.6) is 0 Å². The SMILES string of the molecule is C=C/C=C\C(=C/C)c1ccc2c(c1)c1ccccc1n2-c1cccc2c1oc1ccc(-n3c4ccccc4c4ccccc43)cc12.NS. The van der Waals surface area contributed by atoms with Crippen molar-refractivity contribution in [1.82, 2.24) is 9.13 Å². The highest BCUT2D eigenvalue weighted by atomic mass is 32.1. The van der Waals surface area contributed by atoms with Gasteiger partial charge < -0.3 is 13.6 Å². The minimum Gasteiger partial charge on any atom is -0.454 e. The Morgan fingerprint density at radius 2 is 1.23 bits per heavy atom. The highest BCUT2D eigenvalue weighted by molar-refractivity contribution is 7.77. The molecule has 9 aromatic rings. The minimum absolute atomic E-state index is 0.877. The molecular weight excluding hydrogens is 607 g/mol. The van der Waals surface area contributed by atoms with Gasteiger partial charge in [0.25, 0.3) is 0 Å². The summed E-state index contributed by atoms with van der Waals surface area (Å²) in [5.74, 6) is 0. The summed E-state index contributed by atoms with van der Waals surface area (Å²) < 4.78 is 11.4. The van der Waals surface area contributed by atoms with Crippen LogP contribution in [0.4, 0.5) is 0 Å². The summed E-state index contributed by atoms with van der Waals surface area (Å²) in [4.78, 5) is 0. The molecule has 0 bridgehead atoms. The van der Waals surface area contributed by atoms with E-state index in [0.29, 0.717) is 0 Å². The van der Waals surface area contributed by atoms with Crippen molar-refractivity contribution in [2.45, 2.75) is 6.92 Å². The van der Waals surface area contributed by atoms with Gasteiger partial charge in [0.2, 0.25) is 0 Å². The molecule has 0 fully saturated rings. The van der Waals surface area contributed by atoms with Crippen molar-refractivity contribution < 1.29 is 4.42 Å². The highest BCUT2D eigenvalue weighted by Crippen LogP contribution is 2.40. The van der Waals surface area contributed by atoms with E-state index in [4.69, 9.17) is 4.42 Å². The molecule has 3 heterocycles. The van der Waals surface area contributed by atoms with Gasteiger partial charge >= 0.3 is 0 Å². The van der Waals surface area contributed by atoms with Crippen LogP contribution in [0.25, 0.3) is 82.5 Å². The maximum atomic E-state index is 6.72. The molecule has 0 saturated heterocycles. The Kier molecular flexibility index (Phi) is 7.48. The number of para-hydroxylation sites is 4. The number of hydrogen-bond donors (Lipinski definition) is 2. The van der Waals surface area contributed by atoms with E-state index in [2.05, 4.69) is 180 Å². The van der Waals surface area contributed by atoms with Gasteiger partial charge in [-0.25, -0.2) is 0 Å². The van der Waals surface area contributed by atoms with E-state index < -0.39 is 0 Å². The molecule has 0 aliphatic heterocycles. The van der Waals surface area contributed by atoms with Crippen LogP contribution in [0.2, 0.25) is 0 Å². The van der Waals surface area contributed by atoms with E-state index in [1.165, 1.54) is 38.1 Å². The fraction of sp³-hybridized carbons (Fsp3) is 0.0233. The number of benzene rings is 6. The van der Waals surface area contributed by atoms with E-state index in [1.54, 1.807) is 0 Å². The molecular formula is C43H33N3OS. The molecule has 0 radical (unpaired) electrons. The van der Waals surface area contributed by atoms with Crippen molar-refractivity contribution in [3.8, 4) is 11.4 Å². The van der Waals surface area contributed by atoms with Gasteiger partial charge in [-0.3, -0.25) is 5.14 Å². The van der Waals surface area contributed by atoms with E-state index in [1.807, 2.05) is 12.2 Å². The standard InChI is InChI=1S/C43H30N2O.H3NS/c1-3-5-13-28(4-2)29-22-24-40-35(26-29)33-16-8-11-20-39(33)45(40)41-21-12-17-34-36-27-30(23-25-42(36)46-43(34)41)44-37-18-9-6-14-31(37)32-15-7-10-19-38(32)44;1-2/h3-27H,1H2,2H3;2H,1H2/b13-5-,28-4+;. The van der Waals surface area contributed by atoms with Crippen LogP contribution in [0.3, 0.4) is 0 Å². The van der Waals surface area contributed by atoms with Crippen LogP contribution in [0.15, 0.2) is 163 Å². The van der Waals surface area contributed by atoms with Gasteiger partial charge in [0, 0.05) is 38.0 Å². The highest BCUT2D eigenvalue weighted by Gasteiger charge is 2.19. The summed E-state index contributed by atoms with van der Waals surface area (Å²) >= 11 is 3.03. The number of rotatable bonds is 5. The van der Waals surface area contributed by atoms with E-state index in [-0.39, 0.29) is 0 Å². The molecule has 0 aliphatic rings. The van der Waals surface area contributed by atoms with Gasteiger partial charge in [0.1, 0.15) is 5.58 Å². The quantitative estimate of drug-likeness (QED) is 0.145. The molecule has 9 rings (SSSR count). The van der Waals surface area contributed by atoms with Gasteiger partial charge in [0.05, 0.1) is 27.8 Å². The third-order valence-corrected chi connectivity index (χ3v) is 9.27. The Bertz CT molecular complexity index is 2680. The maximum Gasteiger partial charge on any atom is 0.159 e. The van der Waals surface area contributed by atoms with E-state index >= 15 is 0 Å². The first-order valence-corrected chi connectivity index (χ1v) is 16.5. The monoisotopic (exact) mass is 639 g/mol. The molecule has 0 aliphatic carbocycles. The van der Waals surface area contributed by atoms with Gasteiger partial charge in [-0.2, -0.15) is 0 Å². The zero-order valence-corrected chi connectivity index (χ0v) is 27.4. The molecule has 5 heteroatoms. The second-order valence-corrected chi connectivity index (χ2v) is 11.7. The van der Waals surface area contributed by atoms with Crippen LogP contribution in [0.1, 0.15) is 12.5 Å². The largest absolute Gasteiger partial charge is 0.454 e. The van der Waals surface area contributed by atoms with Crippen LogP contribution in [-0.4, -0.2) is 9.13 Å². The third kappa shape index (κ3) is 4.51. The molecule has 0 saturated carbocycles. The number of aromatic nitrogens is 2. The van der Waals surface area contributed by atoms with Crippen LogP contribution < -0.4 is 5.14 Å². The molecule has 0 atom stereocenters. The number of hydrogen-bond acceptors (Lipinski definition) is 3. The lowest BCUT2D eigenvalue weighted by molar-refractivity contribution is 0.666. The average molecular weight is 640 g/mol. The Morgan fingerprint density at radius 1 is 0.625 bits per heavy atom. The Labute approximate surface area is 283 Å². The second-order valence-electron chi connectivity index (χ2n) is 11.7. The number of furan rings is 1. The van der Waals surface area contributed by atoms with Crippen LogP contribution in [0, 0.1) is 0 Å². The molecule has 3 aromatic heterocycles. The number of nitrogens with zero attached hydrogens (tertiary/aromatic N) is 2. The van der Waals surface area contributed by atoms with Crippen molar-refractivity contribution in [3.05, 3.63) is 164 Å². The molecule has 0 spiro atoms. The maximum absolute atomic E-state index is 6.72. The minimum atomic E-state index is 0.877. The molecule has 0 unspecified atom stereocenters. The lowest BCUT2D eigenvalue weighted by Crippen LogP contribution is -1.94. The van der Waals surface area contributed by atoms with Crippen molar-refractivity contribution in [2.75, 3.05) is 0 Å². The molecule has 6 aromatic carbocycles. The molecule has 2 N–H and O–H groups in total. The lowest BCUT2D eigenvalue weighted by Gasteiger charge is -2.09. The molecule has 0 amide bonds. The molecule has 4 nitrogen and oxygen atoms in total. The summed E-state index contributed by atoms with van der Waals surface area (Å²) in [6.07, 6.45) is 8.05. The summed E-state index contributed by atoms with van der Waals surface area (Å²) in [6.45, 7) is 5.92. The van der Waals surface area contributed by atoms with Crippen LogP contribution >= 0.6 is 12.8 Å². The van der Waals surface area contributed by atoms with E-state index in [9.17, 15) is 0 Å². The van der Waals surface area contributed by atoms with Gasteiger partial charge in [-0.15, -0.1) is 12.8 Å². The number of fused-ring (bicyclic) bond motifs is 9. The predicted molar refractivity (Wildman–Crippen MR) is 209 cm³/mol. The molecule has 48 heavy (non-hydrogen) atoms. The van der Waals surface area contributed by atoms with Crippen LogP contribution in [-0.2, 0) is 0 Å². The first-order chi connectivity index (χ1) is 23.7. The topological polar surface area (TPSA) is 49.0 Å². The van der Waals surface area contributed by atoms with Crippen molar-refractivity contribution >= 4 is 83.9 Å². The summed E-state index contributed by atoms with van der Waals surface area (Å²) in [5.41, 5.74) is 10.9. The zero-order valence-electron chi connectivity index (χ0n) is 26.5. The van der Waals surface area contributed by atoms with Crippen molar-refractivity contribution in [1.29, 1.82) is 0 Å². The Balaban J connectivity index is 0.00000165. The number of allylic oxidation sites excluding steroid dienone is 5. The normalized spacial score (nSPS) is 12.2. The number of thiol groups is 1. The average Bonchev–Trinajstić information content (AvgIpc) is 3.80. The summed E-state index contributed by atoms with van der Waals surface area (Å²) in [5, 5.41) is 11.3. The predicted octanol–water partition coefficient (Wildman–Crippen LogP) is 11.7. The first-order valence-electron chi connectivity index (χ1n) is 15.9. The third-order valence-electron chi connectivity index (χ3n) is 9.27. The second kappa shape index (κ2) is 12.1. The van der Waals surface area contributed by atoms with Gasteiger partial charge in [0.15, 0.2) is 5.58 Å². The van der Waals surface area contributed by atoms with Gasteiger partial charge in [-0.1, -0.05) is 104 Å². The summed E-state index contributed by atoms with van der Waals surface area (Å²) in [6, 6.07) is 45.7.